The van der Waals surface area contributed by atoms with Gasteiger partial charge in [-0.15, -0.1) is 0 Å². The normalized spacial score (nSPS) is 11.3. The molecule has 1 N–H and O–H groups in total. The van der Waals surface area contributed by atoms with Gasteiger partial charge < -0.3 is 10.1 Å². The van der Waals surface area contributed by atoms with Gasteiger partial charge in [-0.1, -0.05) is 11.6 Å². The molecule has 1 heterocycles. The Balaban J connectivity index is 1.80. The molecule has 0 unspecified atom stereocenters. The van der Waals surface area contributed by atoms with Gasteiger partial charge in [-0.05, 0) is 49.4 Å². The summed E-state index contributed by atoms with van der Waals surface area (Å²) < 4.78 is 45.9. The lowest BCUT2D eigenvalue weighted by molar-refractivity contribution is -0.137. The van der Waals surface area contributed by atoms with Gasteiger partial charge in [0.05, 0.1) is 22.9 Å². The second-order valence-electron chi connectivity index (χ2n) is 6.57. The number of anilines is 1. The van der Waals surface area contributed by atoms with Crippen LogP contribution in [0, 0.1) is 0 Å². The van der Waals surface area contributed by atoms with E-state index in [1.807, 2.05) is 6.92 Å². The van der Waals surface area contributed by atoms with E-state index >= 15 is 0 Å². The van der Waals surface area contributed by atoms with E-state index in [0.29, 0.717) is 24.1 Å². The standard InChI is InChI=1S/C21H17ClF3N3O4/c1-2-32-15-6-4-14(5-7-15)28-10-9-27(19(30)20(28)31)12-18(29)26-17-11-13(21(23,24)25)3-8-16(17)22/h3-11H,2,12H2,1H3,(H,26,29). The van der Waals surface area contributed by atoms with Crippen LogP contribution in [0.3, 0.4) is 0 Å². The van der Waals surface area contributed by atoms with Crippen molar-refractivity contribution >= 4 is 23.2 Å². The van der Waals surface area contributed by atoms with Crippen LogP contribution in [0.25, 0.3) is 5.69 Å². The summed E-state index contributed by atoms with van der Waals surface area (Å²) in [5, 5.41) is 2.12. The van der Waals surface area contributed by atoms with E-state index < -0.39 is 35.3 Å². The van der Waals surface area contributed by atoms with Crippen LogP contribution >= 0.6 is 11.6 Å². The molecule has 0 fully saturated rings. The lowest BCUT2D eigenvalue weighted by Gasteiger charge is -2.13. The van der Waals surface area contributed by atoms with Gasteiger partial charge in [0.25, 0.3) is 0 Å². The Labute approximate surface area is 184 Å². The molecule has 168 valence electrons. The summed E-state index contributed by atoms with van der Waals surface area (Å²) in [6.45, 7) is 1.71. The van der Waals surface area contributed by atoms with Crippen molar-refractivity contribution in [2.45, 2.75) is 19.6 Å². The lowest BCUT2D eigenvalue weighted by Crippen LogP contribution is -2.41. The summed E-state index contributed by atoms with van der Waals surface area (Å²) in [4.78, 5) is 37.2. The van der Waals surface area contributed by atoms with E-state index in [1.165, 1.54) is 12.4 Å². The first kappa shape index (κ1) is 23.1. The molecule has 0 atom stereocenters. The smallest absolute Gasteiger partial charge is 0.416 e. The van der Waals surface area contributed by atoms with E-state index in [9.17, 15) is 27.6 Å². The Morgan fingerprint density at radius 1 is 1.06 bits per heavy atom. The van der Waals surface area contributed by atoms with E-state index in [2.05, 4.69) is 5.32 Å². The fourth-order valence-corrected chi connectivity index (χ4v) is 3.01. The molecule has 0 aliphatic carbocycles. The van der Waals surface area contributed by atoms with Gasteiger partial charge in [0.2, 0.25) is 5.91 Å². The molecule has 7 nitrogen and oxygen atoms in total. The number of aromatic nitrogens is 2. The van der Waals surface area contributed by atoms with E-state index in [1.54, 1.807) is 24.3 Å². The maximum atomic E-state index is 12.9. The topological polar surface area (TPSA) is 82.3 Å². The van der Waals surface area contributed by atoms with Crippen molar-refractivity contribution in [2.24, 2.45) is 0 Å². The Bertz CT molecular complexity index is 1250. The SMILES string of the molecule is CCOc1ccc(-n2ccn(CC(=O)Nc3cc(C(F)(F)F)ccc3Cl)c(=O)c2=O)cc1. The van der Waals surface area contributed by atoms with Gasteiger partial charge in [0.1, 0.15) is 12.3 Å². The molecule has 1 aromatic heterocycles. The minimum atomic E-state index is -4.62. The molecule has 0 aliphatic heterocycles. The number of nitrogens with zero attached hydrogens (tertiary/aromatic N) is 2. The Hall–Kier alpha value is -3.53. The van der Waals surface area contributed by atoms with Gasteiger partial charge >= 0.3 is 17.3 Å². The molecular formula is C21H17ClF3N3O4. The third-order valence-electron chi connectivity index (χ3n) is 4.37. The third-order valence-corrected chi connectivity index (χ3v) is 4.70. The zero-order valence-electron chi connectivity index (χ0n) is 16.6. The maximum absolute atomic E-state index is 12.9. The van der Waals surface area contributed by atoms with E-state index in [0.717, 1.165) is 21.3 Å². The highest BCUT2D eigenvalue weighted by molar-refractivity contribution is 6.33. The van der Waals surface area contributed by atoms with Crippen molar-refractivity contribution in [1.29, 1.82) is 0 Å². The second-order valence-corrected chi connectivity index (χ2v) is 6.98. The van der Waals surface area contributed by atoms with Gasteiger partial charge in [-0.25, -0.2) is 0 Å². The fourth-order valence-electron chi connectivity index (χ4n) is 2.85. The first-order valence-corrected chi connectivity index (χ1v) is 9.70. The van der Waals surface area contributed by atoms with Crippen LogP contribution < -0.4 is 21.2 Å². The first-order chi connectivity index (χ1) is 15.1. The summed E-state index contributed by atoms with van der Waals surface area (Å²) >= 11 is 5.86. The fraction of sp³-hybridized carbons (Fsp3) is 0.190. The lowest BCUT2D eigenvalue weighted by atomic mass is 10.2. The van der Waals surface area contributed by atoms with Crippen molar-refractivity contribution in [2.75, 3.05) is 11.9 Å². The van der Waals surface area contributed by atoms with Gasteiger partial charge in [0.15, 0.2) is 0 Å². The molecule has 0 saturated carbocycles. The third kappa shape index (κ3) is 5.20. The van der Waals surface area contributed by atoms with Crippen LogP contribution in [-0.4, -0.2) is 21.6 Å². The molecule has 0 bridgehead atoms. The van der Waals surface area contributed by atoms with Crippen LogP contribution in [0.15, 0.2) is 64.4 Å². The van der Waals surface area contributed by atoms with Crippen LogP contribution in [0.5, 0.6) is 5.75 Å². The Kier molecular flexibility index (Phi) is 6.73. The highest BCUT2D eigenvalue weighted by atomic mass is 35.5. The van der Waals surface area contributed by atoms with Crippen molar-refractivity contribution in [3.63, 3.8) is 0 Å². The van der Waals surface area contributed by atoms with Crippen LogP contribution in [0.1, 0.15) is 12.5 Å². The largest absolute Gasteiger partial charge is 0.494 e. The quantitative estimate of drug-likeness (QED) is 0.560. The average Bonchev–Trinajstić information content (AvgIpc) is 2.73. The summed E-state index contributed by atoms with van der Waals surface area (Å²) in [5.41, 5.74) is -2.72. The molecule has 3 aromatic rings. The second kappa shape index (κ2) is 9.31. The summed E-state index contributed by atoms with van der Waals surface area (Å²) in [6.07, 6.45) is -2.08. The predicted molar refractivity (Wildman–Crippen MR) is 113 cm³/mol. The molecule has 1 amide bonds. The first-order valence-electron chi connectivity index (χ1n) is 9.32. The number of hydrogen-bond acceptors (Lipinski definition) is 4. The number of carbonyl (C=O) groups is 1. The number of amides is 1. The van der Waals surface area contributed by atoms with Gasteiger partial charge in [-0.2, -0.15) is 13.2 Å². The molecule has 0 aliphatic rings. The minimum absolute atomic E-state index is 0.107. The molecule has 32 heavy (non-hydrogen) atoms. The van der Waals surface area contributed by atoms with Gasteiger partial charge in [-0.3, -0.25) is 23.5 Å². The van der Waals surface area contributed by atoms with E-state index in [-0.39, 0.29) is 10.7 Å². The Morgan fingerprint density at radius 3 is 2.38 bits per heavy atom. The van der Waals surface area contributed by atoms with Crippen molar-refractivity contribution in [3.05, 3.63) is 86.2 Å². The molecule has 3 rings (SSSR count). The number of alkyl halides is 3. The van der Waals surface area contributed by atoms with Gasteiger partial charge in [0, 0.05) is 18.1 Å². The van der Waals surface area contributed by atoms with Crippen molar-refractivity contribution in [3.8, 4) is 11.4 Å². The summed E-state index contributed by atoms with van der Waals surface area (Å²) in [7, 11) is 0. The molecular weight excluding hydrogens is 451 g/mol. The molecule has 0 spiro atoms. The number of halogens is 4. The van der Waals surface area contributed by atoms with Crippen LogP contribution in [0.4, 0.5) is 18.9 Å². The van der Waals surface area contributed by atoms with Crippen LogP contribution in [-0.2, 0) is 17.5 Å². The van der Waals surface area contributed by atoms with Crippen molar-refractivity contribution in [1.82, 2.24) is 9.13 Å². The molecule has 11 heteroatoms. The highest BCUT2D eigenvalue weighted by Gasteiger charge is 2.31. The number of carbonyl (C=O) groups excluding carboxylic acids is 1. The minimum Gasteiger partial charge on any atom is -0.494 e. The Morgan fingerprint density at radius 2 is 1.75 bits per heavy atom. The number of ether oxygens (including phenoxy) is 1. The number of hydrogen-bond donors (Lipinski definition) is 1. The monoisotopic (exact) mass is 467 g/mol. The summed E-state index contributed by atoms with van der Waals surface area (Å²) in [6, 6.07) is 8.95. The molecule has 0 saturated heterocycles. The van der Waals surface area contributed by atoms with Crippen LogP contribution in [0.2, 0.25) is 5.02 Å². The maximum Gasteiger partial charge on any atom is 0.416 e. The number of nitrogens with one attached hydrogen (secondary N) is 1. The number of rotatable bonds is 6. The molecule has 0 radical (unpaired) electrons. The zero-order valence-corrected chi connectivity index (χ0v) is 17.4. The number of benzene rings is 2. The highest BCUT2D eigenvalue weighted by Crippen LogP contribution is 2.33. The van der Waals surface area contributed by atoms with Crippen molar-refractivity contribution < 1.29 is 22.7 Å². The molecule has 2 aromatic carbocycles. The van der Waals surface area contributed by atoms with E-state index in [4.69, 9.17) is 16.3 Å². The zero-order chi connectivity index (χ0) is 23.5. The summed E-state index contributed by atoms with van der Waals surface area (Å²) in [5.74, 6) is -0.228. The predicted octanol–water partition coefficient (Wildman–Crippen LogP) is 3.71. The average molecular weight is 468 g/mol.